The molecule has 1 unspecified atom stereocenters. The summed E-state index contributed by atoms with van der Waals surface area (Å²) in [6.45, 7) is 2.79. The number of hydrogen-bond acceptors (Lipinski definition) is 6. The number of nitrogens with zero attached hydrogens (tertiary/aromatic N) is 3. The summed E-state index contributed by atoms with van der Waals surface area (Å²) in [5, 5.41) is 10.3. The molecule has 2 heterocycles. The van der Waals surface area contributed by atoms with Crippen LogP contribution in [-0.4, -0.2) is 29.3 Å². The molecule has 0 aliphatic rings. The van der Waals surface area contributed by atoms with Crippen LogP contribution >= 0.6 is 11.3 Å². The van der Waals surface area contributed by atoms with Gasteiger partial charge in [-0.05, 0) is 31.5 Å². The van der Waals surface area contributed by atoms with Crippen LogP contribution in [0.4, 0.5) is 0 Å². The van der Waals surface area contributed by atoms with Crippen molar-refractivity contribution in [2.45, 2.75) is 19.5 Å². The first-order valence-corrected chi connectivity index (χ1v) is 8.26. The van der Waals surface area contributed by atoms with E-state index >= 15 is 0 Å². The van der Waals surface area contributed by atoms with Crippen molar-refractivity contribution in [3.63, 3.8) is 0 Å². The van der Waals surface area contributed by atoms with Crippen LogP contribution in [0.25, 0.3) is 10.8 Å². The lowest BCUT2D eigenvalue weighted by atomic mass is 10.1. The van der Waals surface area contributed by atoms with E-state index < -0.39 is 0 Å². The molecule has 0 saturated carbocycles. The molecule has 0 amide bonds. The number of ether oxygens (including phenoxy) is 1. The molecule has 3 aromatic rings. The van der Waals surface area contributed by atoms with Crippen molar-refractivity contribution >= 4 is 11.3 Å². The Kier molecular flexibility index (Phi) is 4.73. The molecule has 6 heteroatoms. The second kappa shape index (κ2) is 6.93. The quantitative estimate of drug-likeness (QED) is 0.684. The van der Waals surface area contributed by atoms with Crippen molar-refractivity contribution in [3.8, 4) is 16.5 Å². The molecule has 0 spiro atoms. The van der Waals surface area contributed by atoms with Crippen LogP contribution in [0.3, 0.4) is 0 Å². The maximum Gasteiger partial charge on any atom is 0.257 e. The number of hydrogen-bond donors (Lipinski definition) is 0. The van der Waals surface area contributed by atoms with E-state index in [1.807, 2.05) is 42.8 Å². The van der Waals surface area contributed by atoms with Crippen molar-refractivity contribution < 1.29 is 9.15 Å². The molecule has 5 nitrogen and oxygen atoms in total. The molecular weight excluding hydrogens is 310 g/mol. The number of methoxy groups -OCH3 is 1. The Bertz CT molecular complexity index is 755. The maximum absolute atomic E-state index is 5.82. The number of benzene rings is 1. The largest absolute Gasteiger partial charge is 0.496 e. The zero-order valence-electron chi connectivity index (χ0n) is 13.4. The van der Waals surface area contributed by atoms with Crippen LogP contribution in [0.5, 0.6) is 5.75 Å². The van der Waals surface area contributed by atoms with Gasteiger partial charge in [0.1, 0.15) is 5.75 Å². The molecule has 3 rings (SSSR count). The molecule has 0 bridgehead atoms. The van der Waals surface area contributed by atoms with E-state index in [4.69, 9.17) is 9.15 Å². The summed E-state index contributed by atoms with van der Waals surface area (Å²) in [6, 6.07) is 12.0. The lowest BCUT2D eigenvalue weighted by Crippen LogP contribution is -2.22. The van der Waals surface area contributed by atoms with E-state index in [1.165, 1.54) is 0 Å². The summed E-state index contributed by atoms with van der Waals surface area (Å²) in [6.07, 6.45) is 0. The van der Waals surface area contributed by atoms with Gasteiger partial charge >= 0.3 is 0 Å². The minimum Gasteiger partial charge on any atom is -0.496 e. The molecule has 1 aromatic carbocycles. The highest BCUT2D eigenvalue weighted by Gasteiger charge is 2.20. The minimum absolute atomic E-state index is 0.0149. The third-order valence-corrected chi connectivity index (χ3v) is 4.66. The number of rotatable bonds is 6. The smallest absolute Gasteiger partial charge is 0.257 e. The van der Waals surface area contributed by atoms with Gasteiger partial charge in [-0.1, -0.05) is 24.3 Å². The lowest BCUT2D eigenvalue weighted by molar-refractivity contribution is 0.215. The third-order valence-electron chi connectivity index (χ3n) is 3.80. The fourth-order valence-corrected chi connectivity index (χ4v) is 2.98. The molecule has 0 fully saturated rings. The van der Waals surface area contributed by atoms with Crippen LogP contribution in [0.1, 0.15) is 24.4 Å². The SMILES string of the molecule is COc1ccccc1CN(C)C(C)c1nnc(-c2cccs2)o1. The monoisotopic (exact) mass is 329 g/mol. The molecule has 120 valence electrons. The number of thiophene rings is 1. The summed E-state index contributed by atoms with van der Waals surface area (Å²) in [7, 11) is 3.72. The Morgan fingerprint density at radius 2 is 2.04 bits per heavy atom. The molecule has 2 aromatic heterocycles. The third kappa shape index (κ3) is 3.43. The van der Waals surface area contributed by atoms with Gasteiger partial charge in [-0.15, -0.1) is 21.5 Å². The second-order valence-corrected chi connectivity index (χ2v) is 6.27. The van der Waals surface area contributed by atoms with Gasteiger partial charge in [0.25, 0.3) is 5.89 Å². The normalized spacial score (nSPS) is 12.5. The Labute approximate surface area is 139 Å². The van der Waals surface area contributed by atoms with Gasteiger partial charge in [0, 0.05) is 12.1 Å². The highest BCUT2D eigenvalue weighted by molar-refractivity contribution is 7.13. The first-order chi connectivity index (χ1) is 11.2. The van der Waals surface area contributed by atoms with Crippen molar-refractivity contribution in [1.29, 1.82) is 0 Å². The Balaban J connectivity index is 1.73. The predicted octanol–water partition coefficient (Wildman–Crippen LogP) is 4.00. The zero-order chi connectivity index (χ0) is 16.2. The molecule has 0 aliphatic carbocycles. The summed E-state index contributed by atoms with van der Waals surface area (Å²) in [4.78, 5) is 3.15. The van der Waals surface area contributed by atoms with E-state index in [9.17, 15) is 0 Å². The standard InChI is InChI=1S/C17H19N3O2S/c1-12(16-18-19-17(22-16)15-9-6-10-23-15)20(2)11-13-7-4-5-8-14(13)21-3/h4-10,12H,11H2,1-3H3. The van der Waals surface area contributed by atoms with Crippen LogP contribution in [-0.2, 0) is 6.54 Å². The molecule has 0 aliphatic heterocycles. The van der Waals surface area contributed by atoms with Crippen molar-refractivity contribution in [3.05, 3.63) is 53.2 Å². The molecule has 1 atom stereocenters. The average Bonchev–Trinajstić information content (AvgIpc) is 3.25. The van der Waals surface area contributed by atoms with Crippen LogP contribution in [0.15, 0.2) is 46.2 Å². The zero-order valence-corrected chi connectivity index (χ0v) is 14.2. The fourth-order valence-electron chi connectivity index (χ4n) is 2.33. The minimum atomic E-state index is 0.0149. The lowest BCUT2D eigenvalue weighted by Gasteiger charge is -2.22. The van der Waals surface area contributed by atoms with Gasteiger partial charge in [0.05, 0.1) is 18.0 Å². The molecule has 23 heavy (non-hydrogen) atoms. The van der Waals surface area contributed by atoms with Gasteiger partial charge in [0.2, 0.25) is 5.89 Å². The highest BCUT2D eigenvalue weighted by Crippen LogP contribution is 2.28. The number of aromatic nitrogens is 2. The fraction of sp³-hybridized carbons (Fsp3) is 0.294. The molecule has 0 saturated heterocycles. The van der Waals surface area contributed by atoms with Crippen molar-refractivity contribution in [1.82, 2.24) is 15.1 Å². The summed E-state index contributed by atoms with van der Waals surface area (Å²) in [5.41, 5.74) is 1.13. The average molecular weight is 329 g/mol. The van der Waals surface area contributed by atoms with Crippen molar-refractivity contribution in [2.24, 2.45) is 0 Å². The van der Waals surface area contributed by atoms with E-state index in [-0.39, 0.29) is 6.04 Å². The van der Waals surface area contributed by atoms with Gasteiger partial charge in [0.15, 0.2) is 0 Å². The highest BCUT2D eigenvalue weighted by atomic mass is 32.1. The molecule has 0 radical (unpaired) electrons. The van der Waals surface area contributed by atoms with Gasteiger partial charge < -0.3 is 9.15 Å². The topological polar surface area (TPSA) is 51.4 Å². The Hall–Kier alpha value is -2.18. The van der Waals surface area contributed by atoms with E-state index in [1.54, 1.807) is 18.4 Å². The first-order valence-electron chi connectivity index (χ1n) is 7.38. The summed E-state index contributed by atoms with van der Waals surface area (Å²) >= 11 is 1.59. The molecule has 0 N–H and O–H groups in total. The summed E-state index contributed by atoms with van der Waals surface area (Å²) < 4.78 is 11.2. The predicted molar refractivity (Wildman–Crippen MR) is 90.5 cm³/mol. The summed E-state index contributed by atoms with van der Waals surface area (Å²) in [5.74, 6) is 2.08. The van der Waals surface area contributed by atoms with Gasteiger partial charge in [-0.25, -0.2) is 0 Å². The van der Waals surface area contributed by atoms with E-state index in [0.29, 0.717) is 11.8 Å². The van der Waals surface area contributed by atoms with Crippen LogP contribution in [0, 0.1) is 0 Å². The van der Waals surface area contributed by atoms with Gasteiger partial charge in [-0.3, -0.25) is 4.90 Å². The number of para-hydroxylation sites is 1. The Morgan fingerprint density at radius 1 is 1.22 bits per heavy atom. The second-order valence-electron chi connectivity index (χ2n) is 5.33. The van der Waals surface area contributed by atoms with E-state index in [2.05, 4.69) is 28.1 Å². The van der Waals surface area contributed by atoms with E-state index in [0.717, 1.165) is 22.7 Å². The van der Waals surface area contributed by atoms with Crippen LogP contribution < -0.4 is 4.74 Å². The maximum atomic E-state index is 5.82. The Morgan fingerprint density at radius 3 is 2.78 bits per heavy atom. The van der Waals surface area contributed by atoms with Crippen molar-refractivity contribution in [2.75, 3.05) is 14.2 Å². The molecular formula is C17H19N3O2S. The van der Waals surface area contributed by atoms with Crippen LogP contribution in [0.2, 0.25) is 0 Å². The van der Waals surface area contributed by atoms with Gasteiger partial charge in [-0.2, -0.15) is 0 Å². The first kappa shape index (κ1) is 15.7.